The number of amides is 1. The molecule has 0 saturated heterocycles. The second kappa shape index (κ2) is 10.7. The zero-order valence-electron chi connectivity index (χ0n) is 18.0. The first-order chi connectivity index (χ1) is 15.8. The Morgan fingerprint density at radius 1 is 1.00 bits per heavy atom. The predicted molar refractivity (Wildman–Crippen MR) is 123 cm³/mol. The first kappa shape index (κ1) is 24.0. The molecule has 1 unspecified atom stereocenters. The van der Waals surface area contributed by atoms with Gasteiger partial charge in [0.1, 0.15) is 17.3 Å². The molecule has 0 bridgehead atoms. The molecule has 0 heterocycles. The monoisotopic (exact) mass is 466 g/mol. The molecule has 1 amide bonds. The zero-order valence-corrected chi connectivity index (χ0v) is 18.8. The van der Waals surface area contributed by atoms with Gasteiger partial charge in [0.25, 0.3) is 0 Å². The van der Waals surface area contributed by atoms with Gasteiger partial charge in [-0.25, -0.2) is 12.8 Å². The highest BCUT2D eigenvalue weighted by Gasteiger charge is 2.21. The number of rotatable bonds is 9. The predicted octanol–water partition coefficient (Wildman–Crippen LogP) is 3.72. The van der Waals surface area contributed by atoms with Crippen LogP contribution in [-0.4, -0.2) is 27.2 Å². The molecule has 170 valence electrons. The molecule has 0 aliphatic rings. The maximum Gasteiger partial charge on any atom is 0.235 e. The van der Waals surface area contributed by atoms with Crippen LogP contribution in [0.3, 0.4) is 0 Å². The number of nitriles is 1. The van der Waals surface area contributed by atoms with Crippen molar-refractivity contribution in [2.45, 2.75) is 18.2 Å². The van der Waals surface area contributed by atoms with E-state index in [1.54, 1.807) is 55.6 Å². The van der Waals surface area contributed by atoms with E-state index in [9.17, 15) is 17.6 Å². The van der Waals surface area contributed by atoms with E-state index in [-0.39, 0.29) is 11.6 Å². The summed E-state index contributed by atoms with van der Waals surface area (Å²) in [5, 5.41) is 11.7. The molecule has 0 fully saturated rings. The molecule has 3 aromatic rings. The first-order valence-electron chi connectivity index (χ1n) is 10.2. The Balaban J connectivity index is 1.73. The van der Waals surface area contributed by atoms with Gasteiger partial charge < -0.3 is 10.1 Å². The van der Waals surface area contributed by atoms with Gasteiger partial charge in [0.05, 0.1) is 30.5 Å². The number of hydrogen-bond donors (Lipinski definition) is 1. The minimum atomic E-state index is -3.73. The van der Waals surface area contributed by atoms with Gasteiger partial charge in [-0.1, -0.05) is 36.4 Å². The van der Waals surface area contributed by atoms with Gasteiger partial charge in [-0.05, 0) is 59.5 Å². The number of sulfone groups is 1. The summed E-state index contributed by atoms with van der Waals surface area (Å²) >= 11 is 0. The summed E-state index contributed by atoms with van der Waals surface area (Å²) in [6.45, 7) is 0. The average Bonchev–Trinajstić information content (AvgIpc) is 2.80. The number of nitrogens with zero attached hydrogens (tertiary/aromatic N) is 1. The van der Waals surface area contributed by atoms with Crippen LogP contribution in [0, 0.1) is 17.1 Å². The lowest BCUT2D eigenvalue weighted by Gasteiger charge is -2.20. The van der Waals surface area contributed by atoms with Crippen LogP contribution in [0.4, 0.5) is 4.39 Å². The molecule has 1 atom stereocenters. The summed E-state index contributed by atoms with van der Waals surface area (Å²) in [5.74, 6) is -1.33. The molecule has 8 heteroatoms. The van der Waals surface area contributed by atoms with Crippen molar-refractivity contribution in [1.82, 2.24) is 5.32 Å². The van der Waals surface area contributed by atoms with E-state index in [2.05, 4.69) is 5.32 Å². The van der Waals surface area contributed by atoms with Gasteiger partial charge in [0.15, 0.2) is 9.84 Å². The standard InChI is InChI=1S/C25H23FN2O4S/c1-32-23-12-8-21(9-13-23)24(14-18-6-10-22(26)11-7-18)28-25(29)17-33(30,31)16-20-4-2-19(15-27)3-5-20/h2-13,24H,14,16-17H2,1H3,(H,28,29). The van der Waals surface area contributed by atoms with Crippen molar-refractivity contribution >= 4 is 15.7 Å². The van der Waals surface area contributed by atoms with E-state index in [1.165, 1.54) is 24.3 Å². The van der Waals surface area contributed by atoms with E-state index in [0.717, 1.165) is 11.1 Å². The lowest BCUT2D eigenvalue weighted by Crippen LogP contribution is -2.35. The molecule has 1 N–H and O–H groups in total. The molecule has 33 heavy (non-hydrogen) atoms. The zero-order chi connectivity index (χ0) is 23.8. The van der Waals surface area contributed by atoms with Gasteiger partial charge in [0, 0.05) is 0 Å². The summed E-state index contributed by atoms with van der Waals surface area (Å²) in [7, 11) is -2.19. The molecule has 3 rings (SSSR count). The smallest absolute Gasteiger partial charge is 0.235 e. The number of methoxy groups -OCH3 is 1. The lowest BCUT2D eigenvalue weighted by molar-refractivity contribution is -0.119. The summed E-state index contributed by atoms with van der Waals surface area (Å²) in [6.07, 6.45) is 0.355. The maximum atomic E-state index is 13.3. The van der Waals surface area contributed by atoms with Crippen molar-refractivity contribution in [2.24, 2.45) is 0 Å². The van der Waals surface area contributed by atoms with Crippen LogP contribution in [0.15, 0.2) is 72.8 Å². The van der Waals surface area contributed by atoms with E-state index in [1.807, 2.05) is 6.07 Å². The van der Waals surface area contributed by atoms with Crippen molar-refractivity contribution in [3.8, 4) is 11.8 Å². The highest BCUT2D eigenvalue weighted by atomic mass is 32.2. The maximum absolute atomic E-state index is 13.3. The molecule has 0 aliphatic carbocycles. The third-order valence-corrected chi connectivity index (χ3v) is 6.50. The summed E-state index contributed by atoms with van der Waals surface area (Å²) in [4.78, 5) is 12.7. The van der Waals surface area contributed by atoms with E-state index < -0.39 is 27.5 Å². The minimum absolute atomic E-state index is 0.308. The Hall–Kier alpha value is -3.70. The molecule has 6 nitrogen and oxygen atoms in total. The van der Waals surface area contributed by atoms with E-state index >= 15 is 0 Å². The second-order valence-corrected chi connectivity index (χ2v) is 9.63. The molecular formula is C25H23FN2O4S. The topological polar surface area (TPSA) is 96.3 Å². The van der Waals surface area contributed by atoms with Gasteiger partial charge >= 0.3 is 0 Å². The third-order valence-electron chi connectivity index (χ3n) is 5.03. The van der Waals surface area contributed by atoms with Crippen molar-refractivity contribution in [1.29, 1.82) is 5.26 Å². The summed E-state index contributed by atoms with van der Waals surface area (Å²) in [6, 6.07) is 20.7. The average molecular weight is 467 g/mol. The Morgan fingerprint density at radius 2 is 1.61 bits per heavy atom. The Labute approximate surface area is 192 Å². The number of ether oxygens (including phenoxy) is 1. The van der Waals surface area contributed by atoms with E-state index in [0.29, 0.717) is 23.3 Å². The van der Waals surface area contributed by atoms with Crippen molar-refractivity contribution in [3.05, 3.63) is 101 Å². The minimum Gasteiger partial charge on any atom is -0.497 e. The van der Waals surface area contributed by atoms with Crippen LogP contribution in [-0.2, 0) is 26.8 Å². The van der Waals surface area contributed by atoms with Crippen LogP contribution in [0.1, 0.15) is 28.3 Å². The molecule has 3 aromatic carbocycles. The van der Waals surface area contributed by atoms with Gasteiger partial charge in [0.2, 0.25) is 5.91 Å². The molecule has 0 aliphatic heterocycles. The molecule has 0 saturated carbocycles. The number of carbonyl (C=O) groups excluding carboxylic acids is 1. The van der Waals surface area contributed by atoms with Crippen LogP contribution in [0.5, 0.6) is 5.75 Å². The van der Waals surface area contributed by atoms with Crippen LogP contribution >= 0.6 is 0 Å². The lowest BCUT2D eigenvalue weighted by atomic mass is 9.98. The fourth-order valence-corrected chi connectivity index (χ4v) is 4.65. The first-order valence-corrected chi connectivity index (χ1v) is 12.0. The Bertz CT molecular complexity index is 1230. The number of halogens is 1. The molecule has 0 radical (unpaired) electrons. The normalized spacial score (nSPS) is 11.9. The number of hydrogen-bond acceptors (Lipinski definition) is 5. The third kappa shape index (κ3) is 7.16. The van der Waals surface area contributed by atoms with Gasteiger partial charge in [-0.3, -0.25) is 4.79 Å². The van der Waals surface area contributed by atoms with Crippen LogP contribution in [0.2, 0.25) is 0 Å². The molecular weight excluding hydrogens is 443 g/mol. The number of benzene rings is 3. The van der Waals surface area contributed by atoms with Gasteiger partial charge in [-0.2, -0.15) is 5.26 Å². The van der Waals surface area contributed by atoms with Crippen LogP contribution in [0.25, 0.3) is 0 Å². The highest BCUT2D eigenvalue weighted by Crippen LogP contribution is 2.22. The largest absolute Gasteiger partial charge is 0.497 e. The van der Waals surface area contributed by atoms with Crippen molar-refractivity contribution in [3.63, 3.8) is 0 Å². The Kier molecular flexibility index (Phi) is 7.80. The van der Waals surface area contributed by atoms with E-state index in [4.69, 9.17) is 10.00 Å². The SMILES string of the molecule is COc1ccc(C(Cc2ccc(F)cc2)NC(=O)CS(=O)(=O)Cc2ccc(C#N)cc2)cc1. The highest BCUT2D eigenvalue weighted by molar-refractivity contribution is 7.91. The molecule has 0 spiro atoms. The number of nitrogens with one attached hydrogen (secondary N) is 1. The van der Waals surface area contributed by atoms with Gasteiger partial charge in [-0.15, -0.1) is 0 Å². The summed E-state index contributed by atoms with van der Waals surface area (Å²) in [5.41, 5.74) is 2.48. The quantitative estimate of drug-likeness (QED) is 0.519. The van der Waals surface area contributed by atoms with Crippen molar-refractivity contribution < 1.29 is 22.3 Å². The fourth-order valence-electron chi connectivity index (χ4n) is 3.36. The fraction of sp³-hybridized carbons (Fsp3) is 0.200. The number of carbonyl (C=O) groups is 1. The van der Waals surface area contributed by atoms with Crippen molar-refractivity contribution in [2.75, 3.05) is 12.9 Å². The Morgan fingerprint density at radius 3 is 2.18 bits per heavy atom. The second-order valence-electron chi connectivity index (χ2n) is 7.56. The summed E-state index contributed by atoms with van der Waals surface area (Å²) < 4.78 is 43.6. The van der Waals surface area contributed by atoms with Crippen LogP contribution < -0.4 is 10.1 Å². The molecule has 0 aromatic heterocycles.